The Kier molecular flexibility index (Phi) is 5.10. The second-order valence-corrected chi connectivity index (χ2v) is 4.98. The second kappa shape index (κ2) is 7.03. The SMILES string of the molecule is CCN(CCNC(=O)Nc1ccc(C(=O)O)nc1)C1CC1. The zero-order chi connectivity index (χ0) is 15.2. The number of hydrogen-bond acceptors (Lipinski definition) is 4. The molecule has 7 heteroatoms. The highest BCUT2D eigenvalue weighted by Gasteiger charge is 2.27. The molecule has 1 aromatic heterocycles. The number of carbonyl (C=O) groups excluding carboxylic acids is 1. The molecule has 0 atom stereocenters. The van der Waals surface area contributed by atoms with Gasteiger partial charge >= 0.3 is 12.0 Å². The number of likely N-dealkylation sites (N-methyl/N-ethyl adjacent to an activating group) is 1. The Labute approximate surface area is 123 Å². The molecule has 1 heterocycles. The zero-order valence-corrected chi connectivity index (χ0v) is 12.0. The number of carboxylic acid groups (broad SMARTS) is 1. The summed E-state index contributed by atoms with van der Waals surface area (Å²) in [7, 11) is 0. The predicted octanol–water partition coefficient (Wildman–Crippen LogP) is 1.39. The number of rotatable bonds is 7. The fourth-order valence-corrected chi connectivity index (χ4v) is 2.12. The van der Waals surface area contributed by atoms with Gasteiger partial charge in [-0.1, -0.05) is 6.92 Å². The van der Waals surface area contributed by atoms with Gasteiger partial charge in [0.2, 0.25) is 0 Å². The summed E-state index contributed by atoms with van der Waals surface area (Å²) in [6.45, 7) is 4.53. The second-order valence-electron chi connectivity index (χ2n) is 4.98. The van der Waals surface area contributed by atoms with Crippen molar-refractivity contribution in [2.45, 2.75) is 25.8 Å². The van der Waals surface area contributed by atoms with Gasteiger partial charge in [-0.05, 0) is 31.5 Å². The van der Waals surface area contributed by atoms with Crippen LogP contribution in [-0.4, -0.2) is 52.7 Å². The molecule has 1 saturated carbocycles. The first-order valence-corrected chi connectivity index (χ1v) is 7.08. The van der Waals surface area contributed by atoms with E-state index in [1.807, 2.05) is 0 Å². The molecule has 3 N–H and O–H groups in total. The Balaban J connectivity index is 1.72. The van der Waals surface area contributed by atoms with E-state index in [2.05, 4.69) is 27.4 Å². The minimum absolute atomic E-state index is 0.0519. The number of carboxylic acids is 1. The van der Waals surface area contributed by atoms with Crippen molar-refractivity contribution >= 4 is 17.7 Å². The molecule has 1 fully saturated rings. The van der Waals surface area contributed by atoms with E-state index in [1.165, 1.54) is 31.2 Å². The monoisotopic (exact) mass is 292 g/mol. The molecule has 7 nitrogen and oxygen atoms in total. The Hall–Kier alpha value is -2.15. The highest BCUT2D eigenvalue weighted by Crippen LogP contribution is 2.25. The molecule has 1 aliphatic carbocycles. The number of aromatic carboxylic acids is 1. The van der Waals surface area contributed by atoms with Crippen LogP contribution in [0.25, 0.3) is 0 Å². The number of aromatic nitrogens is 1. The molecule has 0 unspecified atom stereocenters. The van der Waals surface area contributed by atoms with Crippen molar-refractivity contribution in [1.29, 1.82) is 0 Å². The first kappa shape index (κ1) is 15.2. The van der Waals surface area contributed by atoms with Crippen molar-refractivity contribution in [3.8, 4) is 0 Å². The summed E-state index contributed by atoms with van der Waals surface area (Å²) in [6, 6.07) is 3.24. The minimum atomic E-state index is -1.09. The van der Waals surface area contributed by atoms with Crippen molar-refractivity contribution in [1.82, 2.24) is 15.2 Å². The van der Waals surface area contributed by atoms with Crippen LogP contribution in [0.3, 0.4) is 0 Å². The van der Waals surface area contributed by atoms with Crippen LogP contribution in [0.15, 0.2) is 18.3 Å². The highest BCUT2D eigenvalue weighted by molar-refractivity contribution is 5.90. The van der Waals surface area contributed by atoms with E-state index in [4.69, 9.17) is 5.11 Å². The van der Waals surface area contributed by atoms with Crippen LogP contribution in [-0.2, 0) is 0 Å². The summed E-state index contributed by atoms with van der Waals surface area (Å²) in [5.74, 6) is -1.09. The maximum atomic E-state index is 11.7. The summed E-state index contributed by atoms with van der Waals surface area (Å²) in [6.07, 6.45) is 3.83. The van der Waals surface area contributed by atoms with E-state index >= 15 is 0 Å². The van der Waals surface area contributed by atoms with Crippen molar-refractivity contribution in [3.05, 3.63) is 24.0 Å². The van der Waals surface area contributed by atoms with Gasteiger partial charge in [-0.25, -0.2) is 14.6 Å². The number of nitrogens with one attached hydrogen (secondary N) is 2. The molecule has 114 valence electrons. The molecular weight excluding hydrogens is 272 g/mol. The smallest absolute Gasteiger partial charge is 0.354 e. The molecule has 2 rings (SSSR count). The molecule has 2 amide bonds. The normalized spacial score (nSPS) is 14.0. The zero-order valence-electron chi connectivity index (χ0n) is 12.0. The molecule has 1 aromatic rings. The lowest BCUT2D eigenvalue weighted by Gasteiger charge is -2.19. The van der Waals surface area contributed by atoms with Crippen molar-refractivity contribution in [2.24, 2.45) is 0 Å². The molecule has 0 bridgehead atoms. The average Bonchev–Trinajstić information content (AvgIpc) is 3.29. The van der Waals surface area contributed by atoms with Gasteiger partial charge < -0.3 is 15.7 Å². The van der Waals surface area contributed by atoms with Crippen LogP contribution in [0, 0.1) is 0 Å². The van der Waals surface area contributed by atoms with Crippen molar-refractivity contribution < 1.29 is 14.7 Å². The van der Waals surface area contributed by atoms with Crippen LogP contribution < -0.4 is 10.6 Å². The van der Waals surface area contributed by atoms with E-state index in [1.54, 1.807) is 0 Å². The maximum absolute atomic E-state index is 11.7. The number of carbonyl (C=O) groups is 2. The van der Waals surface area contributed by atoms with Crippen LogP contribution in [0.2, 0.25) is 0 Å². The van der Waals surface area contributed by atoms with E-state index < -0.39 is 5.97 Å². The van der Waals surface area contributed by atoms with E-state index in [-0.39, 0.29) is 11.7 Å². The Morgan fingerprint density at radius 1 is 1.43 bits per heavy atom. The highest BCUT2D eigenvalue weighted by atomic mass is 16.4. The standard InChI is InChI=1S/C14H20N4O3/c1-2-18(11-4-5-11)8-7-15-14(21)17-10-3-6-12(13(19)20)16-9-10/h3,6,9,11H,2,4-5,7-8H2,1H3,(H,19,20)(H2,15,17,21). The minimum Gasteiger partial charge on any atom is -0.477 e. The average molecular weight is 292 g/mol. The topological polar surface area (TPSA) is 94.6 Å². The van der Waals surface area contributed by atoms with E-state index in [0.717, 1.165) is 13.1 Å². The van der Waals surface area contributed by atoms with Crippen LogP contribution in [0.1, 0.15) is 30.3 Å². The van der Waals surface area contributed by atoms with Gasteiger partial charge in [0.05, 0.1) is 11.9 Å². The number of pyridine rings is 1. The molecular formula is C14H20N4O3. The van der Waals surface area contributed by atoms with Gasteiger partial charge in [-0.3, -0.25) is 4.90 Å². The first-order valence-electron chi connectivity index (χ1n) is 7.08. The third kappa shape index (κ3) is 4.71. The molecule has 0 radical (unpaired) electrons. The summed E-state index contributed by atoms with van der Waals surface area (Å²) < 4.78 is 0. The Bertz CT molecular complexity index is 499. The van der Waals surface area contributed by atoms with Gasteiger partial charge in [0, 0.05) is 19.1 Å². The summed E-state index contributed by atoms with van der Waals surface area (Å²) in [5.41, 5.74) is 0.413. The molecule has 21 heavy (non-hydrogen) atoms. The summed E-state index contributed by atoms with van der Waals surface area (Å²) in [4.78, 5) is 28.4. The molecule has 0 saturated heterocycles. The lowest BCUT2D eigenvalue weighted by atomic mass is 10.3. The van der Waals surface area contributed by atoms with Crippen LogP contribution in [0.4, 0.5) is 10.5 Å². The third-order valence-corrected chi connectivity index (χ3v) is 3.39. The molecule has 0 aromatic carbocycles. The number of anilines is 1. The Morgan fingerprint density at radius 2 is 2.19 bits per heavy atom. The lowest BCUT2D eigenvalue weighted by Crippen LogP contribution is -2.37. The number of urea groups is 1. The number of hydrogen-bond donors (Lipinski definition) is 3. The fourth-order valence-electron chi connectivity index (χ4n) is 2.12. The number of amides is 2. The first-order chi connectivity index (χ1) is 10.1. The predicted molar refractivity (Wildman–Crippen MR) is 78.5 cm³/mol. The van der Waals surface area contributed by atoms with E-state index in [0.29, 0.717) is 18.3 Å². The lowest BCUT2D eigenvalue weighted by molar-refractivity contribution is 0.0690. The van der Waals surface area contributed by atoms with Gasteiger partial charge in [-0.15, -0.1) is 0 Å². The van der Waals surface area contributed by atoms with Crippen molar-refractivity contribution in [3.63, 3.8) is 0 Å². The largest absolute Gasteiger partial charge is 0.477 e. The Morgan fingerprint density at radius 3 is 2.71 bits per heavy atom. The summed E-state index contributed by atoms with van der Waals surface area (Å²) in [5, 5.41) is 14.1. The molecule has 1 aliphatic rings. The maximum Gasteiger partial charge on any atom is 0.354 e. The third-order valence-electron chi connectivity index (χ3n) is 3.39. The fraction of sp³-hybridized carbons (Fsp3) is 0.500. The summed E-state index contributed by atoms with van der Waals surface area (Å²) >= 11 is 0. The number of nitrogens with zero attached hydrogens (tertiary/aromatic N) is 2. The van der Waals surface area contributed by atoms with Gasteiger partial charge in [0.15, 0.2) is 0 Å². The van der Waals surface area contributed by atoms with Crippen LogP contribution >= 0.6 is 0 Å². The van der Waals surface area contributed by atoms with Crippen LogP contribution in [0.5, 0.6) is 0 Å². The quantitative estimate of drug-likeness (QED) is 0.706. The van der Waals surface area contributed by atoms with Gasteiger partial charge in [0.1, 0.15) is 5.69 Å². The molecule has 0 spiro atoms. The molecule has 0 aliphatic heterocycles. The van der Waals surface area contributed by atoms with Gasteiger partial charge in [0.25, 0.3) is 0 Å². The van der Waals surface area contributed by atoms with E-state index in [9.17, 15) is 9.59 Å². The van der Waals surface area contributed by atoms with Gasteiger partial charge in [-0.2, -0.15) is 0 Å². The van der Waals surface area contributed by atoms with Crippen molar-refractivity contribution in [2.75, 3.05) is 25.0 Å².